The summed E-state index contributed by atoms with van der Waals surface area (Å²) >= 11 is 8.72. The predicted molar refractivity (Wildman–Crippen MR) is 81.4 cm³/mol. The first-order valence-electron chi connectivity index (χ1n) is 4.66. The summed E-state index contributed by atoms with van der Waals surface area (Å²) in [4.78, 5) is 0. The summed E-state index contributed by atoms with van der Waals surface area (Å²) in [5.41, 5.74) is 39.2. The van der Waals surface area contributed by atoms with E-state index in [0.717, 1.165) is 0 Å². The Hall–Kier alpha value is -3.52. The lowest BCUT2D eigenvalue weighted by atomic mass is 10.6. The molecule has 0 aromatic carbocycles. The van der Waals surface area contributed by atoms with Gasteiger partial charge in [0.05, 0.1) is 0 Å². The average molecular weight is 280 g/mol. The van der Waals surface area contributed by atoms with Gasteiger partial charge in [-0.3, -0.25) is 0 Å². The molecule has 0 amide bonds. The Morgan fingerprint density at radius 1 is 0.250 bits per heavy atom. The van der Waals surface area contributed by atoms with E-state index in [-0.39, 0.29) is 0 Å². The summed E-state index contributed by atoms with van der Waals surface area (Å²) in [5, 5.41) is 4.41. The van der Waals surface area contributed by atoms with Crippen molar-refractivity contribution in [2.45, 2.75) is 0 Å². The zero-order chi connectivity index (χ0) is 14.7. The van der Waals surface area contributed by atoms with Gasteiger partial charge in [-0.2, -0.15) is 0 Å². The highest BCUT2D eigenvalue weighted by Crippen LogP contribution is 1.56. The van der Waals surface area contributed by atoms with Crippen LogP contribution < -0.4 is 0 Å². The molecule has 0 N–H and O–H groups in total. The van der Waals surface area contributed by atoms with Gasteiger partial charge in [0.1, 0.15) is 0 Å². The normalized spacial score (nSPS) is 3.80. The Labute approximate surface area is 126 Å². The van der Waals surface area contributed by atoms with Gasteiger partial charge in [0, 0.05) is 102 Å². The molecule has 0 saturated carbocycles. The minimum absolute atomic E-state index is 2.21. The van der Waals surface area contributed by atoms with Crippen LogP contribution >= 0.6 is 24.4 Å². The van der Waals surface area contributed by atoms with Crippen molar-refractivity contribution in [3.8, 4) is 0 Å². The van der Waals surface area contributed by atoms with Crippen LogP contribution in [0.3, 0.4) is 0 Å². The fourth-order valence-corrected chi connectivity index (χ4v) is 0.591. The Balaban J connectivity index is 5.78. The maximum Gasteiger partial charge on any atom is 0.0148 e. The lowest BCUT2D eigenvalue weighted by Gasteiger charge is -1.40. The zero-order valence-corrected chi connectivity index (χ0v) is 11.4. The Bertz CT molecular complexity index is 960. The molecular weight excluding hydrogens is 280 g/mol. The van der Waals surface area contributed by atoms with E-state index in [9.17, 15) is 0 Å². The van der Waals surface area contributed by atoms with Gasteiger partial charge >= 0.3 is 0 Å². The van der Waals surface area contributed by atoms with Crippen LogP contribution in [0, 0.1) is 0 Å². The monoisotopic (exact) mass is 280 g/mol. The van der Waals surface area contributed by atoms with E-state index >= 15 is 0 Å². The molecular formula is C18S2. The molecule has 0 saturated heterocycles. The number of hydrogen-bond donors (Lipinski definition) is 0. The van der Waals surface area contributed by atoms with Crippen LogP contribution in [0.1, 0.15) is 0 Å². The summed E-state index contributed by atoms with van der Waals surface area (Å²) < 4.78 is 0. The quantitative estimate of drug-likeness (QED) is 0.493. The van der Waals surface area contributed by atoms with Crippen LogP contribution in [0.2, 0.25) is 0 Å². The van der Waals surface area contributed by atoms with E-state index in [0.29, 0.717) is 0 Å². The van der Waals surface area contributed by atoms with Crippen LogP contribution in [0.25, 0.3) is 0 Å². The van der Waals surface area contributed by atoms with Gasteiger partial charge in [0.25, 0.3) is 0 Å². The number of hydrogen-bond acceptors (Lipinski definition) is 2. The summed E-state index contributed by atoms with van der Waals surface area (Å²) in [7, 11) is 0. The van der Waals surface area contributed by atoms with Gasteiger partial charge in [-0.05, 0) is 24.4 Å². The van der Waals surface area contributed by atoms with Crippen molar-refractivity contribution in [3.05, 3.63) is 91.7 Å². The second-order valence-electron chi connectivity index (χ2n) is 2.20. The number of thiocarbonyl (C=S) groups is 2. The lowest BCUT2D eigenvalue weighted by molar-refractivity contribution is 2.12. The molecule has 20 heavy (non-hydrogen) atoms. The minimum atomic E-state index is 2.21. The second-order valence-corrected chi connectivity index (χ2v) is 2.61. The van der Waals surface area contributed by atoms with Crippen molar-refractivity contribution < 1.29 is 0 Å². The van der Waals surface area contributed by atoms with E-state index in [1.54, 1.807) is 0 Å². The molecule has 0 rings (SSSR count). The SMILES string of the molecule is S=C=C=C=C=C=C=C=C=C=C=C=C=C=C=C=C=C=C=S. The molecule has 0 spiro atoms. The number of rotatable bonds is 0. The fourth-order valence-electron chi connectivity index (χ4n) is 0.489. The molecule has 0 unspecified atom stereocenters. The van der Waals surface area contributed by atoms with Gasteiger partial charge < -0.3 is 0 Å². The fraction of sp³-hybridized carbons (Fsp3) is 0. The molecule has 0 nitrogen and oxygen atoms in total. The molecule has 0 aliphatic rings. The van der Waals surface area contributed by atoms with Crippen molar-refractivity contribution in [2.24, 2.45) is 0 Å². The van der Waals surface area contributed by atoms with Crippen molar-refractivity contribution in [3.63, 3.8) is 0 Å². The molecule has 0 atom stereocenters. The van der Waals surface area contributed by atoms with Gasteiger partial charge in [0.2, 0.25) is 0 Å². The lowest BCUT2D eigenvalue weighted by Crippen LogP contribution is -1.26. The van der Waals surface area contributed by atoms with Crippen LogP contribution in [-0.2, 0) is 0 Å². The molecule has 0 aliphatic heterocycles. The molecule has 0 bridgehead atoms. The first-order valence-corrected chi connectivity index (χ1v) is 5.47. The van der Waals surface area contributed by atoms with Gasteiger partial charge in [-0.15, -0.1) is 0 Å². The van der Waals surface area contributed by atoms with E-state index < -0.39 is 0 Å². The summed E-state index contributed by atoms with van der Waals surface area (Å²) in [6, 6.07) is 0. The van der Waals surface area contributed by atoms with E-state index in [1.165, 1.54) is 0 Å². The van der Waals surface area contributed by atoms with E-state index in [2.05, 4.69) is 126 Å². The summed E-state index contributed by atoms with van der Waals surface area (Å²) in [6.45, 7) is 0. The summed E-state index contributed by atoms with van der Waals surface area (Å²) in [6.07, 6.45) is 0. The highest BCUT2D eigenvalue weighted by Gasteiger charge is 1.41. The molecule has 0 fully saturated rings. The van der Waals surface area contributed by atoms with Crippen molar-refractivity contribution in [2.75, 3.05) is 0 Å². The molecule has 0 radical (unpaired) electrons. The third-order valence-corrected chi connectivity index (χ3v) is 1.24. The Kier molecular flexibility index (Phi) is 12.8. The molecule has 0 aromatic rings. The second kappa shape index (κ2) is 15.5. The topological polar surface area (TPSA) is 0 Å². The molecule has 84 valence electrons. The van der Waals surface area contributed by atoms with E-state index in [4.69, 9.17) is 0 Å². The molecule has 0 heterocycles. The third kappa shape index (κ3) is 14.5. The van der Waals surface area contributed by atoms with Crippen LogP contribution in [0.15, 0.2) is 91.7 Å². The average Bonchev–Trinajstić information content (AvgIpc) is 2.47. The van der Waals surface area contributed by atoms with E-state index in [1.807, 2.05) is 0 Å². The van der Waals surface area contributed by atoms with Crippen molar-refractivity contribution >= 4 is 34.5 Å². The zero-order valence-electron chi connectivity index (χ0n) is 9.82. The molecule has 2 heteroatoms. The van der Waals surface area contributed by atoms with Crippen LogP contribution in [0.4, 0.5) is 0 Å². The third-order valence-electron chi connectivity index (χ3n) is 1.04. The van der Waals surface area contributed by atoms with Crippen molar-refractivity contribution in [1.82, 2.24) is 0 Å². The molecule has 0 aliphatic carbocycles. The minimum Gasteiger partial charge on any atom is -0.0176 e. The van der Waals surface area contributed by atoms with Crippen molar-refractivity contribution in [1.29, 1.82) is 0 Å². The van der Waals surface area contributed by atoms with Crippen LogP contribution in [0.5, 0.6) is 0 Å². The standard InChI is InChI=1S/C18S2/c19-17-15-13-11-9-7-5-3-1-2-4-6-8-10-12-14-16-18-20. The first-order chi connectivity index (χ1) is 9.91. The largest absolute Gasteiger partial charge is 0.0176 e. The highest BCUT2D eigenvalue weighted by atomic mass is 32.1. The highest BCUT2D eigenvalue weighted by molar-refractivity contribution is 7.78. The Morgan fingerprint density at radius 3 is 0.550 bits per heavy atom. The maximum atomic E-state index is 4.36. The summed E-state index contributed by atoms with van der Waals surface area (Å²) in [5.74, 6) is 0. The Morgan fingerprint density at radius 2 is 0.400 bits per heavy atom. The van der Waals surface area contributed by atoms with Gasteiger partial charge in [0.15, 0.2) is 0 Å². The van der Waals surface area contributed by atoms with Gasteiger partial charge in [-0.25, -0.2) is 0 Å². The molecule has 0 aromatic heterocycles. The van der Waals surface area contributed by atoms with Gasteiger partial charge in [-0.1, -0.05) is 0 Å². The predicted octanol–water partition coefficient (Wildman–Crippen LogP) is 3.22. The first kappa shape index (κ1) is 16.5. The maximum absolute atomic E-state index is 4.36. The smallest absolute Gasteiger partial charge is 0.0148 e. The van der Waals surface area contributed by atoms with Crippen LogP contribution in [-0.4, -0.2) is 10.0 Å².